The van der Waals surface area contributed by atoms with E-state index in [9.17, 15) is 9.90 Å². The van der Waals surface area contributed by atoms with E-state index in [-0.39, 0.29) is 11.7 Å². The van der Waals surface area contributed by atoms with E-state index in [1.807, 2.05) is 0 Å². The van der Waals surface area contributed by atoms with Gasteiger partial charge in [0.1, 0.15) is 10.8 Å². The van der Waals surface area contributed by atoms with Crippen LogP contribution in [0.3, 0.4) is 0 Å². The molecule has 2 rings (SSSR count). The van der Waals surface area contributed by atoms with Gasteiger partial charge >= 0.3 is 0 Å². The molecule has 4 nitrogen and oxygen atoms in total. The van der Waals surface area contributed by atoms with Crippen LogP contribution in [-0.4, -0.2) is 20.8 Å². The van der Waals surface area contributed by atoms with E-state index in [2.05, 4.69) is 12.0 Å². The van der Waals surface area contributed by atoms with Crippen LogP contribution in [0.4, 0.5) is 0 Å². The van der Waals surface area contributed by atoms with Crippen molar-refractivity contribution in [3.63, 3.8) is 0 Å². The summed E-state index contributed by atoms with van der Waals surface area (Å²) < 4.78 is 1.72. The number of aromatic nitrogens is 2. The summed E-state index contributed by atoms with van der Waals surface area (Å²) in [5.41, 5.74) is 0.459. The van der Waals surface area contributed by atoms with E-state index in [4.69, 9.17) is 12.2 Å². The number of phenols is 1. The summed E-state index contributed by atoms with van der Waals surface area (Å²) in [5, 5.41) is 14.4. The maximum absolute atomic E-state index is 12.2. The maximum atomic E-state index is 12.2. The molecule has 1 aromatic carbocycles. The van der Waals surface area contributed by atoms with Crippen molar-refractivity contribution in [3.05, 3.63) is 38.8 Å². The Morgan fingerprint density at radius 3 is 2.74 bits per heavy atom. The number of hydrogen-bond donors (Lipinski definition) is 1. The third-order valence-corrected chi connectivity index (χ3v) is 3.93. The fourth-order valence-electron chi connectivity index (χ4n) is 1.60. The van der Waals surface area contributed by atoms with Crippen LogP contribution >= 0.6 is 23.6 Å². The molecule has 0 aliphatic heterocycles. The van der Waals surface area contributed by atoms with Crippen molar-refractivity contribution < 1.29 is 9.90 Å². The molecule has 0 aliphatic carbocycles. The lowest BCUT2D eigenvalue weighted by molar-refractivity contribution is 0.0943. The quantitative estimate of drug-likeness (QED) is 0.878. The summed E-state index contributed by atoms with van der Waals surface area (Å²) in [6.07, 6.45) is 2.97. The molecule has 0 unspecified atom stereocenters. The molecule has 100 valence electrons. The van der Waals surface area contributed by atoms with Crippen molar-refractivity contribution in [2.75, 3.05) is 0 Å². The van der Waals surface area contributed by atoms with Gasteiger partial charge in [-0.1, -0.05) is 24.7 Å². The smallest absolute Gasteiger partial charge is 0.280 e. The van der Waals surface area contributed by atoms with Crippen LogP contribution in [-0.2, 0) is 6.42 Å². The minimum atomic E-state index is -0.260. The minimum absolute atomic E-state index is 0.127. The normalized spacial score (nSPS) is 10.6. The lowest BCUT2D eigenvalue weighted by Gasteiger charge is -2.00. The number of carbonyl (C=O) groups is 1. The molecule has 2 aromatic rings. The highest BCUT2D eigenvalue weighted by Gasteiger charge is 2.13. The third-order valence-electron chi connectivity index (χ3n) is 2.64. The Balaban J connectivity index is 2.26. The number of nitrogens with zero attached hydrogens (tertiary/aromatic N) is 2. The summed E-state index contributed by atoms with van der Waals surface area (Å²) >= 11 is 6.55. The molecular formula is C13H14N2O2S2. The zero-order valence-electron chi connectivity index (χ0n) is 10.5. The van der Waals surface area contributed by atoms with Gasteiger partial charge in [0, 0.05) is 12.0 Å². The number of carbonyl (C=O) groups excluding carboxylic acids is 1. The number of unbranched alkanes of at least 4 members (excludes halogenated alkanes) is 1. The second-order valence-electron chi connectivity index (χ2n) is 4.13. The van der Waals surface area contributed by atoms with Gasteiger partial charge in [-0.2, -0.15) is 9.78 Å². The minimum Gasteiger partial charge on any atom is -0.508 e. The van der Waals surface area contributed by atoms with Crippen molar-refractivity contribution in [2.24, 2.45) is 0 Å². The van der Waals surface area contributed by atoms with Gasteiger partial charge in [0.25, 0.3) is 5.91 Å². The first-order valence-corrected chi connectivity index (χ1v) is 7.27. The van der Waals surface area contributed by atoms with E-state index in [1.165, 1.54) is 28.2 Å². The van der Waals surface area contributed by atoms with Crippen molar-refractivity contribution in [1.29, 1.82) is 0 Å². The second kappa shape index (κ2) is 6.08. The van der Waals surface area contributed by atoms with E-state index in [0.29, 0.717) is 9.52 Å². The molecule has 0 radical (unpaired) electrons. The highest BCUT2D eigenvalue weighted by Crippen LogP contribution is 2.15. The zero-order valence-corrected chi connectivity index (χ0v) is 12.1. The predicted octanol–water partition coefficient (Wildman–Crippen LogP) is 3.41. The molecule has 19 heavy (non-hydrogen) atoms. The summed E-state index contributed by atoms with van der Waals surface area (Å²) in [6, 6.07) is 6.07. The second-order valence-corrected chi connectivity index (χ2v) is 5.84. The van der Waals surface area contributed by atoms with E-state index in [1.54, 1.807) is 12.1 Å². The number of aromatic hydroxyl groups is 1. The summed E-state index contributed by atoms with van der Waals surface area (Å²) in [4.78, 5) is 12.2. The molecule has 1 heterocycles. The molecule has 6 heteroatoms. The van der Waals surface area contributed by atoms with E-state index in [0.717, 1.165) is 24.3 Å². The molecule has 0 saturated carbocycles. The molecule has 0 saturated heterocycles. The van der Waals surface area contributed by atoms with Crippen LogP contribution in [0, 0.1) is 3.95 Å². The molecule has 0 spiro atoms. The summed E-state index contributed by atoms with van der Waals surface area (Å²) in [7, 11) is 0. The van der Waals surface area contributed by atoms with Crippen LogP contribution in [0.25, 0.3) is 0 Å². The first-order valence-electron chi connectivity index (χ1n) is 6.04. The fraction of sp³-hybridized carbons (Fsp3) is 0.308. The molecule has 1 N–H and O–H groups in total. The SMILES string of the molecule is CCCCc1nn(C(=O)c2ccc(O)cc2)c(=S)s1. The Morgan fingerprint density at radius 1 is 1.42 bits per heavy atom. The Labute approximate surface area is 120 Å². The highest BCUT2D eigenvalue weighted by molar-refractivity contribution is 7.73. The van der Waals surface area contributed by atoms with Crippen LogP contribution in [0.5, 0.6) is 5.75 Å². The average molecular weight is 294 g/mol. The van der Waals surface area contributed by atoms with Gasteiger partial charge in [0.15, 0.2) is 3.95 Å². The van der Waals surface area contributed by atoms with Gasteiger partial charge in [-0.15, -0.1) is 0 Å². The topological polar surface area (TPSA) is 55.1 Å². The van der Waals surface area contributed by atoms with Crippen LogP contribution < -0.4 is 0 Å². The molecule has 0 amide bonds. The molecular weight excluding hydrogens is 280 g/mol. The first kappa shape index (κ1) is 13.9. The summed E-state index contributed by atoms with van der Waals surface area (Å²) in [5.74, 6) is -0.133. The maximum Gasteiger partial charge on any atom is 0.280 e. The monoisotopic (exact) mass is 294 g/mol. The van der Waals surface area contributed by atoms with Crippen molar-refractivity contribution in [1.82, 2.24) is 9.78 Å². The number of rotatable bonds is 4. The Kier molecular flexibility index (Phi) is 4.44. The Bertz CT molecular complexity index is 629. The zero-order chi connectivity index (χ0) is 13.8. The largest absolute Gasteiger partial charge is 0.508 e. The number of aryl methyl sites for hydroxylation is 1. The molecule has 0 atom stereocenters. The van der Waals surface area contributed by atoms with Crippen molar-refractivity contribution >= 4 is 29.5 Å². The van der Waals surface area contributed by atoms with Crippen molar-refractivity contribution in [2.45, 2.75) is 26.2 Å². The average Bonchev–Trinajstić information content (AvgIpc) is 2.77. The van der Waals surface area contributed by atoms with Gasteiger partial charge in [-0.25, -0.2) is 0 Å². The number of phenolic OH excluding ortho intramolecular Hbond substituents is 1. The lowest BCUT2D eigenvalue weighted by Crippen LogP contribution is -2.13. The molecule has 0 fully saturated rings. The third kappa shape index (κ3) is 3.27. The predicted molar refractivity (Wildman–Crippen MR) is 77.4 cm³/mol. The lowest BCUT2D eigenvalue weighted by atomic mass is 10.2. The molecule has 1 aromatic heterocycles. The van der Waals surface area contributed by atoms with E-state index < -0.39 is 0 Å². The van der Waals surface area contributed by atoms with Crippen LogP contribution in [0.2, 0.25) is 0 Å². The number of hydrogen-bond acceptors (Lipinski definition) is 5. The van der Waals surface area contributed by atoms with Gasteiger partial charge in [0.05, 0.1) is 0 Å². The van der Waals surface area contributed by atoms with E-state index >= 15 is 0 Å². The summed E-state index contributed by atoms with van der Waals surface area (Å²) in [6.45, 7) is 2.11. The Hall–Kier alpha value is -1.53. The highest BCUT2D eigenvalue weighted by atomic mass is 32.1. The Morgan fingerprint density at radius 2 is 2.11 bits per heavy atom. The number of benzene rings is 1. The standard InChI is InChI=1S/C13H14N2O2S2/c1-2-3-4-11-14-15(13(18)19-11)12(17)9-5-7-10(16)8-6-9/h5-8,16H,2-4H2,1H3. The molecule has 0 bridgehead atoms. The van der Waals surface area contributed by atoms with Gasteiger partial charge in [-0.3, -0.25) is 4.79 Å². The van der Waals surface area contributed by atoms with Crippen LogP contribution in [0.15, 0.2) is 24.3 Å². The van der Waals surface area contributed by atoms with Gasteiger partial charge in [-0.05, 0) is 42.9 Å². The fourth-order valence-corrected chi connectivity index (χ4v) is 2.79. The van der Waals surface area contributed by atoms with Gasteiger partial charge < -0.3 is 5.11 Å². The van der Waals surface area contributed by atoms with Crippen molar-refractivity contribution in [3.8, 4) is 5.75 Å². The first-order chi connectivity index (χ1) is 9.11. The van der Waals surface area contributed by atoms with Crippen LogP contribution in [0.1, 0.15) is 35.1 Å². The van der Waals surface area contributed by atoms with Gasteiger partial charge in [0.2, 0.25) is 0 Å². The molecule has 0 aliphatic rings.